The van der Waals surface area contributed by atoms with E-state index in [1.807, 2.05) is 0 Å². The number of amides is 1. The second-order valence-electron chi connectivity index (χ2n) is 5.89. The highest BCUT2D eigenvalue weighted by Gasteiger charge is 2.25. The molecule has 2 N–H and O–H groups in total. The van der Waals surface area contributed by atoms with Crippen LogP contribution in [0.5, 0.6) is 0 Å². The number of nitrogens with zero attached hydrogens (tertiary/aromatic N) is 1. The average molecular weight is 439 g/mol. The zero-order valence-corrected chi connectivity index (χ0v) is 16.4. The van der Waals surface area contributed by atoms with Gasteiger partial charge in [0.25, 0.3) is 5.91 Å². The Bertz CT molecular complexity index is 886. The lowest BCUT2D eigenvalue weighted by molar-refractivity contribution is -0.121. The summed E-state index contributed by atoms with van der Waals surface area (Å²) >= 11 is 10.8. The van der Waals surface area contributed by atoms with Crippen LogP contribution in [0.3, 0.4) is 0 Å². The molecule has 0 saturated heterocycles. The van der Waals surface area contributed by atoms with Crippen LogP contribution in [0.2, 0.25) is 0 Å². The van der Waals surface area contributed by atoms with Crippen LogP contribution in [-0.2, 0) is 20.4 Å². The van der Waals surface area contributed by atoms with Gasteiger partial charge in [-0.15, -0.1) is 0 Å². The third kappa shape index (κ3) is 6.17. The zero-order valence-electron chi connectivity index (χ0n) is 14.1. The molecular formula is C16H17Cl2FN2O5S. The van der Waals surface area contributed by atoms with Crippen LogP contribution in [-0.4, -0.2) is 48.4 Å². The molecule has 11 heteroatoms. The molecule has 148 valence electrons. The summed E-state index contributed by atoms with van der Waals surface area (Å²) in [5.41, 5.74) is 1.20. The number of alkyl halides is 3. The number of aliphatic hydroxyl groups excluding tert-OH is 1. The molecule has 27 heavy (non-hydrogen) atoms. The molecule has 0 aliphatic rings. The molecule has 0 bridgehead atoms. The summed E-state index contributed by atoms with van der Waals surface area (Å²) in [4.78, 5) is 10.1. The second kappa shape index (κ2) is 9.01. The van der Waals surface area contributed by atoms with E-state index in [2.05, 4.69) is 10.5 Å². The number of hydrogen-bond donors (Lipinski definition) is 2. The number of halogens is 3. The normalized spacial score (nSPS) is 14.1. The highest BCUT2D eigenvalue weighted by Crippen LogP contribution is 2.25. The molecular weight excluding hydrogens is 422 g/mol. The Labute approximate surface area is 165 Å². The van der Waals surface area contributed by atoms with E-state index in [1.165, 1.54) is 18.2 Å². The van der Waals surface area contributed by atoms with Crippen LogP contribution < -0.4 is 5.32 Å². The van der Waals surface area contributed by atoms with Crippen LogP contribution in [0, 0.1) is 0 Å². The lowest BCUT2D eigenvalue weighted by Crippen LogP contribution is -2.43. The van der Waals surface area contributed by atoms with Crippen LogP contribution in [0.25, 0.3) is 11.3 Å². The fourth-order valence-electron chi connectivity index (χ4n) is 2.31. The molecule has 0 fully saturated rings. The summed E-state index contributed by atoms with van der Waals surface area (Å²) in [7, 11) is -3.24. The monoisotopic (exact) mass is 438 g/mol. The highest BCUT2D eigenvalue weighted by atomic mass is 35.5. The standard InChI is InChI=1S/C16H17Cl2FN2O5S/c1-27(24,25)8-11-6-13(26-21-11)9-2-4-10(5-3-9)14(22)12(7-19)20-16(23)15(17)18/h2-6,12,14-15,22H,7-8H2,1H3,(H,20,23)/t12-,14+/m1/s1. The molecule has 1 aromatic carbocycles. The maximum Gasteiger partial charge on any atom is 0.253 e. The van der Waals surface area contributed by atoms with Crippen LogP contribution >= 0.6 is 23.2 Å². The van der Waals surface area contributed by atoms with Crippen molar-refractivity contribution in [2.45, 2.75) is 22.7 Å². The van der Waals surface area contributed by atoms with Crippen LogP contribution in [0.1, 0.15) is 17.4 Å². The molecule has 7 nitrogen and oxygen atoms in total. The van der Waals surface area contributed by atoms with Gasteiger partial charge in [-0.05, 0) is 5.56 Å². The SMILES string of the molecule is CS(=O)(=O)Cc1cc(-c2ccc([C@H](O)[C@@H](CF)NC(=O)C(Cl)Cl)cc2)on1. The fraction of sp³-hybridized carbons (Fsp3) is 0.375. The minimum atomic E-state index is -3.24. The summed E-state index contributed by atoms with van der Waals surface area (Å²) in [6.07, 6.45) is -0.232. The second-order valence-corrected chi connectivity index (χ2v) is 9.13. The van der Waals surface area contributed by atoms with Gasteiger partial charge in [0.05, 0.1) is 17.5 Å². The quantitative estimate of drug-likeness (QED) is 0.611. The largest absolute Gasteiger partial charge is 0.386 e. The van der Waals surface area contributed by atoms with Gasteiger partial charge < -0.3 is 14.9 Å². The van der Waals surface area contributed by atoms with E-state index in [0.717, 1.165) is 6.26 Å². The van der Waals surface area contributed by atoms with Crippen molar-refractivity contribution in [2.24, 2.45) is 0 Å². The Hall–Kier alpha value is -1.68. The number of nitrogens with one attached hydrogen (secondary N) is 1. The highest BCUT2D eigenvalue weighted by molar-refractivity contribution is 7.89. The fourth-order valence-corrected chi connectivity index (χ4v) is 3.11. The van der Waals surface area contributed by atoms with Crippen LogP contribution in [0.4, 0.5) is 4.39 Å². The van der Waals surface area contributed by atoms with E-state index in [1.54, 1.807) is 12.1 Å². The van der Waals surface area contributed by atoms with Gasteiger partial charge in [-0.3, -0.25) is 4.79 Å². The minimum Gasteiger partial charge on any atom is -0.386 e. The number of rotatable bonds is 8. The van der Waals surface area contributed by atoms with Gasteiger partial charge in [-0.25, -0.2) is 12.8 Å². The summed E-state index contributed by atoms with van der Waals surface area (Å²) < 4.78 is 40.9. The van der Waals surface area contributed by atoms with Crippen molar-refractivity contribution >= 4 is 38.9 Å². The molecule has 1 aromatic heterocycles. The first-order valence-corrected chi connectivity index (χ1v) is 10.6. The average Bonchev–Trinajstić information content (AvgIpc) is 3.05. The van der Waals surface area contributed by atoms with Gasteiger partial charge in [0.1, 0.15) is 12.8 Å². The molecule has 0 aliphatic heterocycles. The first-order chi connectivity index (χ1) is 12.6. The Kier molecular flexibility index (Phi) is 7.21. The number of hydrogen-bond acceptors (Lipinski definition) is 6. The summed E-state index contributed by atoms with van der Waals surface area (Å²) in [6, 6.07) is 6.50. The van der Waals surface area contributed by atoms with E-state index in [9.17, 15) is 22.7 Å². The van der Waals surface area contributed by atoms with Crippen molar-refractivity contribution in [1.29, 1.82) is 0 Å². The van der Waals surface area contributed by atoms with Gasteiger partial charge in [-0.2, -0.15) is 0 Å². The van der Waals surface area contributed by atoms with Crippen molar-refractivity contribution in [3.8, 4) is 11.3 Å². The predicted molar refractivity (Wildman–Crippen MR) is 98.8 cm³/mol. The molecule has 0 aliphatic carbocycles. The Morgan fingerprint density at radius 2 is 1.96 bits per heavy atom. The van der Waals surface area contributed by atoms with Crippen LogP contribution in [0.15, 0.2) is 34.9 Å². The molecule has 2 aromatic rings. The van der Waals surface area contributed by atoms with Gasteiger partial charge in [-0.1, -0.05) is 52.6 Å². The van der Waals surface area contributed by atoms with Crippen molar-refractivity contribution < 1.29 is 27.2 Å². The van der Waals surface area contributed by atoms with E-state index in [0.29, 0.717) is 16.9 Å². The minimum absolute atomic E-state index is 0.243. The van der Waals surface area contributed by atoms with Crippen molar-refractivity contribution in [3.63, 3.8) is 0 Å². The zero-order chi connectivity index (χ0) is 20.2. The van der Waals surface area contributed by atoms with Gasteiger partial charge in [0.2, 0.25) is 0 Å². The molecule has 0 radical (unpaired) electrons. The number of aliphatic hydroxyl groups is 1. The van der Waals surface area contributed by atoms with Crippen molar-refractivity contribution in [1.82, 2.24) is 10.5 Å². The smallest absolute Gasteiger partial charge is 0.253 e. The van der Waals surface area contributed by atoms with E-state index in [-0.39, 0.29) is 11.4 Å². The topological polar surface area (TPSA) is 110 Å². The number of carbonyl (C=O) groups is 1. The summed E-state index contributed by atoms with van der Waals surface area (Å²) in [5, 5.41) is 16.2. The molecule has 1 heterocycles. The Balaban J connectivity index is 2.13. The van der Waals surface area contributed by atoms with Crippen molar-refractivity contribution in [3.05, 3.63) is 41.6 Å². The number of benzene rings is 1. The predicted octanol–water partition coefficient (Wildman–Crippen LogP) is 2.18. The first-order valence-electron chi connectivity index (χ1n) is 7.67. The summed E-state index contributed by atoms with van der Waals surface area (Å²) in [6.45, 7) is -1.02. The summed E-state index contributed by atoms with van der Waals surface area (Å²) in [5.74, 6) is -0.707. The molecule has 0 spiro atoms. The molecule has 0 saturated carbocycles. The molecule has 0 unspecified atom stereocenters. The Morgan fingerprint density at radius 1 is 1.33 bits per heavy atom. The maximum atomic E-state index is 13.2. The third-order valence-corrected chi connectivity index (χ3v) is 4.80. The van der Waals surface area contributed by atoms with Gasteiger partial charge in [0.15, 0.2) is 20.4 Å². The lowest BCUT2D eigenvalue weighted by Gasteiger charge is -2.22. The van der Waals surface area contributed by atoms with E-state index >= 15 is 0 Å². The number of aromatic nitrogens is 1. The Morgan fingerprint density at radius 3 is 2.48 bits per heavy atom. The van der Waals surface area contributed by atoms with Crippen molar-refractivity contribution in [2.75, 3.05) is 12.9 Å². The van der Waals surface area contributed by atoms with E-state index in [4.69, 9.17) is 27.7 Å². The molecule has 2 rings (SSSR count). The lowest BCUT2D eigenvalue weighted by atomic mass is 10.0. The number of carbonyl (C=O) groups excluding carboxylic acids is 1. The first kappa shape index (κ1) is 21.6. The molecule has 1 amide bonds. The van der Waals surface area contributed by atoms with Gasteiger partial charge in [0, 0.05) is 17.9 Å². The third-order valence-electron chi connectivity index (χ3n) is 3.58. The molecule has 2 atom stereocenters. The number of sulfone groups is 1. The van der Waals surface area contributed by atoms with Gasteiger partial charge >= 0.3 is 0 Å². The maximum absolute atomic E-state index is 13.2. The van der Waals surface area contributed by atoms with E-state index < -0.39 is 39.4 Å².